The van der Waals surface area contributed by atoms with Crippen molar-refractivity contribution in [1.82, 2.24) is 19.8 Å². The molecule has 1 N–H and O–H groups in total. The quantitative estimate of drug-likeness (QED) is 0.592. The maximum atomic E-state index is 13.0. The monoisotopic (exact) mass is 450 g/mol. The normalized spacial score (nSPS) is 13.0. The predicted octanol–water partition coefficient (Wildman–Crippen LogP) is 3.83. The molecule has 0 bridgehead atoms. The molecule has 4 rings (SSSR count). The Kier molecular flexibility index (Phi) is 6.10. The number of aromatic amines is 1. The van der Waals surface area contributed by atoms with Gasteiger partial charge >= 0.3 is 0 Å². The van der Waals surface area contributed by atoms with Crippen LogP contribution >= 0.6 is 11.6 Å². The van der Waals surface area contributed by atoms with E-state index >= 15 is 0 Å². The zero-order chi connectivity index (χ0) is 22.8. The van der Waals surface area contributed by atoms with Crippen molar-refractivity contribution in [3.8, 4) is 0 Å². The second-order valence-corrected chi connectivity index (χ2v) is 8.12. The number of aromatic nitrogens is 2. The lowest BCUT2D eigenvalue weighted by Crippen LogP contribution is -2.35. The third-order valence-corrected chi connectivity index (χ3v) is 5.73. The molecule has 2 aromatic carbocycles. The summed E-state index contributed by atoms with van der Waals surface area (Å²) in [6.45, 7) is 6.90. The number of fused-ring (bicyclic) bond motifs is 2. The number of carbonyl (C=O) groups is 2. The predicted molar refractivity (Wildman–Crippen MR) is 124 cm³/mol. The van der Waals surface area contributed by atoms with Crippen LogP contribution in [0.1, 0.15) is 41.5 Å². The zero-order valence-corrected chi connectivity index (χ0v) is 18.5. The van der Waals surface area contributed by atoms with Gasteiger partial charge in [-0.2, -0.15) is 0 Å². The van der Waals surface area contributed by atoms with Gasteiger partial charge in [0, 0.05) is 41.4 Å². The molecule has 1 aliphatic rings. The topological polar surface area (TPSA) is 86.4 Å². The molecule has 32 heavy (non-hydrogen) atoms. The van der Waals surface area contributed by atoms with E-state index in [1.807, 2.05) is 25.1 Å². The highest BCUT2D eigenvalue weighted by molar-refractivity contribution is 6.31. The molecule has 0 saturated heterocycles. The van der Waals surface area contributed by atoms with Gasteiger partial charge in [-0.1, -0.05) is 43.3 Å². The third-order valence-electron chi connectivity index (χ3n) is 5.49. The molecule has 7 nitrogen and oxygen atoms in total. The molecule has 2 heterocycles. The highest BCUT2D eigenvalue weighted by Crippen LogP contribution is 2.31. The molecule has 0 atom stereocenters. The Morgan fingerprint density at radius 1 is 1.19 bits per heavy atom. The molecule has 164 valence electrons. The molecule has 0 spiro atoms. The van der Waals surface area contributed by atoms with Gasteiger partial charge in [-0.25, -0.2) is 4.98 Å². The number of amides is 2. The van der Waals surface area contributed by atoms with Crippen LogP contribution in [0.15, 0.2) is 53.8 Å². The van der Waals surface area contributed by atoms with Crippen LogP contribution in [0, 0.1) is 0 Å². The summed E-state index contributed by atoms with van der Waals surface area (Å²) in [5, 5.41) is 0.927. The second kappa shape index (κ2) is 8.96. The van der Waals surface area contributed by atoms with E-state index in [2.05, 4.69) is 16.5 Å². The SMILES string of the molecule is C=C1c2ccccc2C(=O)N1CCC(=O)N(CCC)Cc1nc2cc(Cl)ccc2c(=O)[nH]1. The number of hydrogen-bond donors (Lipinski definition) is 1. The zero-order valence-electron chi connectivity index (χ0n) is 17.7. The van der Waals surface area contributed by atoms with Crippen molar-refractivity contribution in [1.29, 1.82) is 0 Å². The van der Waals surface area contributed by atoms with Crippen LogP contribution in [0.2, 0.25) is 5.02 Å². The average molecular weight is 451 g/mol. The van der Waals surface area contributed by atoms with E-state index in [1.165, 1.54) is 0 Å². The van der Waals surface area contributed by atoms with Gasteiger partial charge in [0.2, 0.25) is 5.91 Å². The van der Waals surface area contributed by atoms with Crippen molar-refractivity contribution in [3.63, 3.8) is 0 Å². The van der Waals surface area contributed by atoms with E-state index in [1.54, 1.807) is 34.1 Å². The minimum absolute atomic E-state index is 0.128. The average Bonchev–Trinajstić information content (AvgIpc) is 3.01. The molecule has 0 saturated carbocycles. The molecule has 0 radical (unpaired) electrons. The Labute approximate surface area is 190 Å². The number of halogens is 1. The van der Waals surface area contributed by atoms with E-state index < -0.39 is 0 Å². The summed E-state index contributed by atoms with van der Waals surface area (Å²) in [4.78, 5) is 48.5. The number of H-pyrrole nitrogens is 1. The number of carbonyl (C=O) groups excluding carboxylic acids is 2. The van der Waals surface area contributed by atoms with Crippen molar-refractivity contribution in [3.05, 3.63) is 81.4 Å². The molecule has 0 aliphatic carbocycles. The van der Waals surface area contributed by atoms with Gasteiger partial charge in [0.25, 0.3) is 11.5 Å². The summed E-state index contributed by atoms with van der Waals surface area (Å²) in [6.07, 6.45) is 0.887. The van der Waals surface area contributed by atoms with Crippen LogP contribution in [0.4, 0.5) is 0 Å². The van der Waals surface area contributed by atoms with Crippen molar-refractivity contribution >= 4 is 40.0 Å². The van der Waals surface area contributed by atoms with Gasteiger partial charge < -0.3 is 14.8 Å². The molecule has 2 amide bonds. The Balaban J connectivity index is 1.48. The van der Waals surface area contributed by atoms with E-state index in [0.29, 0.717) is 39.6 Å². The lowest BCUT2D eigenvalue weighted by molar-refractivity contribution is -0.132. The molecule has 1 aliphatic heterocycles. The molecular formula is C24H23ClN4O3. The second-order valence-electron chi connectivity index (χ2n) is 7.69. The highest BCUT2D eigenvalue weighted by Gasteiger charge is 2.31. The molecule has 3 aromatic rings. The fraction of sp³-hybridized carbons (Fsp3) is 0.250. The van der Waals surface area contributed by atoms with Gasteiger partial charge in [0.05, 0.1) is 17.4 Å². The van der Waals surface area contributed by atoms with Crippen LogP contribution in [-0.4, -0.2) is 44.7 Å². The number of hydrogen-bond acceptors (Lipinski definition) is 4. The van der Waals surface area contributed by atoms with Crippen molar-refractivity contribution in [2.75, 3.05) is 13.1 Å². The highest BCUT2D eigenvalue weighted by atomic mass is 35.5. The fourth-order valence-electron chi connectivity index (χ4n) is 3.92. The van der Waals surface area contributed by atoms with Crippen LogP contribution in [0.5, 0.6) is 0 Å². The van der Waals surface area contributed by atoms with E-state index in [0.717, 1.165) is 12.0 Å². The molecular weight excluding hydrogens is 428 g/mol. The molecule has 1 aromatic heterocycles. The van der Waals surface area contributed by atoms with Crippen LogP contribution < -0.4 is 5.56 Å². The Bertz CT molecular complexity index is 1250. The molecule has 0 unspecified atom stereocenters. The minimum Gasteiger partial charge on any atom is -0.335 e. The molecule has 8 heteroatoms. The maximum absolute atomic E-state index is 13.0. The lowest BCUT2D eigenvalue weighted by atomic mass is 10.1. The van der Waals surface area contributed by atoms with Crippen LogP contribution in [0.25, 0.3) is 16.6 Å². The first-order chi connectivity index (χ1) is 15.4. The number of benzene rings is 2. The summed E-state index contributed by atoms with van der Waals surface area (Å²) < 4.78 is 0. The van der Waals surface area contributed by atoms with Crippen LogP contribution in [0.3, 0.4) is 0 Å². The first kappa shape index (κ1) is 21.8. The number of rotatable bonds is 7. The van der Waals surface area contributed by atoms with Crippen LogP contribution in [-0.2, 0) is 11.3 Å². The standard InChI is InChI=1S/C24H23ClN4O3/c1-3-11-28(14-21-26-20-13-16(25)8-9-19(20)23(31)27-21)22(30)10-12-29-15(2)17-6-4-5-7-18(17)24(29)32/h4-9,13H,2-3,10-12,14H2,1H3,(H,26,27,31). The van der Waals surface area contributed by atoms with Gasteiger partial charge in [-0.05, 0) is 30.7 Å². The lowest BCUT2D eigenvalue weighted by Gasteiger charge is -2.24. The summed E-state index contributed by atoms with van der Waals surface area (Å²) in [6, 6.07) is 12.2. The van der Waals surface area contributed by atoms with Crippen molar-refractivity contribution in [2.24, 2.45) is 0 Å². The van der Waals surface area contributed by atoms with Gasteiger partial charge in [0.1, 0.15) is 5.82 Å². The van der Waals surface area contributed by atoms with Gasteiger partial charge in [0.15, 0.2) is 0 Å². The smallest absolute Gasteiger partial charge is 0.258 e. The number of nitrogens with zero attached hydrogens (tertiary/aromatic N) is 3. The number of nitrogens with one attached hydrogen (secondary N) is 1. The van der Waals surface area contributed by atoms with E-state index in [9.17, 15) is 14.4 Å². The minimum atomic E-state index is -0.276. The first-order valence-electron chi connectivity index (χ1n) is 10.5. The Hall–Kier alpha value is -3.45. The summed E-state index contributed by atoms with van der Waals surface area (Å²) in [7, 11) is 0. The Morgan fingerprint density at radius 2 is 1.94 bits per heavy atom. The third kappa shape index (κ3) is 4.16. The summed E-state index contributed by atoms with van der Waals surface area (Å²) in [5.41, 5.74) is 2.22. The summed E-state index contributed by atoms with van der Waals surface area (Å²) >= 11 is 6.03. The molecule has 0 fully saturated rings. The van der Waals surface area contributed by atoms with Gasteiger partial charge in [-0.15, -0.1) is 0 Å². The van der Waals surface area contributed by atoms with E-state index in [4.69, 9.17) is 11.6 Å². The maximum Gasteiger partial charge on any atom is 0.258 e. The largest absolute Gasteiger partial charge is 0.335 e. The Morgan fingerprint density at radius 3 is 2.66 bits per heavy atom. The summed E-state index contributed by atoms with van der Waals surface area (Å²) in [5.74, 6) is 0.121. The first-order valence-corrected chi connectivity index (χ1v) is 10.8. The van der Waals surface area contributed by atoms with Crippen molar-refractivity contribution in [2.45, 2.75) is 26.3 Å². The fourth-order valence-corrected chi connectivity index (χ4v) is 4.08. The van der Waals surface area contributed by atoms with E-state index in [-0.39, 0.29) is 36.9 Å². The van der Waals surface area contributed by atoms with Gasteiger partial charge in [-0.3, -0.25) is 14.4 Å². The van der Waals surface area contributed by atoms with Crippen molar-refractivity contribution < 1.29 is 9.59 Å².